The maximum atomic E-state index is 8.80. The van der Waals surface area contributed by atoms with Crippen molar-refractivity contribution in [3.05, 3.63) is 29.3 Å². The van der Waals surface area contributed by atoms with E-state index in [1.54, 1.807) is 12.1 Å². The van der Waals surface area contributed by atoms with Gasteiger partial charge >= 0.3 is 0 Å². The lowest BCUT2D eigenvalue weighted by Gasteiger charge is -2.03. The smallest absolute Gasteiger partial charge is 0.129 e. The number of nitrogens with two attached hydrogens (primary N) is 1. The fourth-order valence-corrected chi connectivity index (χ4v) is 1.51. The Kier molecular flexibility index (Phi) is 3.19. The van der Waals surface area contributed by atoms with Gasteiger partial charge in [0.25, 0.3) is 0 Å². The van der Waals surface area contributed by atoms with E-state index in [4.69, 9.17) is 11.0 Å². The summed E-state index contributed by atoms with van der Waals surface area (Å²) in [6.07, 6.45) is 0. The molecule has 0 radical (unpaired) electrons. The van der Waals surface area contributed by atoms with Gasteiger partial charge in [0.2, 0.25) is 0 Å². The van der Waals surface area contributed by atoms with Crippen LogP contribution < -0.4 is 5.73 Å². The fourth-order valence-electron chi connectivity index (χ4n) is 0.991. The van der Waals surface area contributed by atoms with Crippen LogP contribution in [0.25, 0.3) is 0 Å². The van der Waals surface area contributed by atoms with Crippen LogP contribution in [0, 0.1) is 22.8 Å². The largest absolute Gasteiger partial charge is 0.398 e. The van der Waals surface area contributed by atoms with E-state index >= 15 is 0 Å². The van der Waals surface area contributed by atoms with E-state index in [2.05, 4.69) is 37.2 Å². The Bertz CT molecular complexity index is 467. The van der Waals surface area contributed by atoms with E-state index in [1.807, 2.05) is 6.07 Å². The first-order chi connectivity index (χ1) is 6.92. The molecule has 2 nitrogen and oxygen atoms in total. The SMILES string of the molecule is C[Si](C)(C)C#Cc1ccc(N)c(C#N)c1. The van der Waals surface area contributed by atoms with Gasteiger partial charge in [-0.1, -0.05) is 25.6 Å². The zero-order valence-corrected chi connectivity index (χ0v) is 10.3. The van der Waals surface area contributed by atoms with Crippen molar-refractivity contribution >= 4 is 13.8 Å². The molecule has 0 bridgehead atoms. The lowest BCUT2D eigenvalue weighted by molar-refractivity contribution is 1.48. The summed E-state index contributed by atoms with van der Waals surface area (Å²) in [6.45, 7) is 6.55. The van der Waals surface area contributed by atoms with E-state index in [1.165, 1.54) is 0 Å². The Morgan fingerprint density at radius 2 is 1.93 bits per heavy atom. The van der Waals surface area contributed by atoms with Crippen molar-refractivity contribution in [2.24, 2.45) is 0 Å². The van der Waals surface area contributed by atoms with Crippen LogP contribution in [0.5, 0.6) is 0 Å². The molecular formula is C12H14N2Si. The van der Waals surface area contributed by atoms with Crippen LogP contribution in [0.3, 0.4) is 0 Å². The summed E-state index contributed by atoms with van der Waals surface area (Å²) in [5.74, 6) is 3.09. The number of hydrogen-bond acceptors (Lipinski definition) is 2. The van der Waals surface area contributed by atoms with Gasteiger partial charge in [-0.15, -0.1) is 5.54 Å². The summed E-state index contributed by atoms with van der Waals surface area (Å²) >= 11 is 0. The summed E-state index contributed by atoms with van der Waals surface area (Å²) in [5.41, 5.74) is 10.7. The zero-order chi connectivity index (χ0) is 11.5. The van der Waals surface area contributed by atoms with Gasteiger partial charge in [-0.2, -0.15) is 5.26 Å². The van der Waals surface area contributed by atoms with Crippen molar-refractivity contribution in [1.82, 2.24) is 0 Å². The highest BCUT2D eigenvalue weighted by molar-refractivity contribution is 6.83. The van der Waals surface area contributed by atoms with Gasteiger partial charge < -0.3 is 5.73 Å². The maximum absolute atomic E-state index is 8.80. The quantitative estimate of drug-likeness (QED) is 0.409. The second kappa shape index (κ2) is 4.21. The Hall–Kier alpha value is -1.71. The van der Waals surface area contributed by atoms with Gasteiger partial charge in [0.1, 0.15) is 14.1 Å². The van der Waals surface area contributed by atoms with Crippen LogP contribution in [0.2, 0.25) is 19.6 Å². The molecule has 0 unspecified atom stereocenters. The van der Waals surface area contributed by atoms with Gasteiger partial charge in [-0.3, -0.25) is 0 Å². The molecule has 0 spiro atoms. The van der Waals surface area contributed by atoms with Gasteiger partial charge in [0, 0.05) is 11.3 Å². The molecular weight excluding hydrogens is 200 g/mol. The number of nitrogen functional groups attached to an aromatic ring is 1. The second-order valence-electron chi connectivity index (χ2n) is 4.41. The molecule has 0 amide bonds. The third-order valence-corrected chi connectivity index (χ3v) is 2.63. The van der Waals surface area contributed by atoms with Crippen molar-refractivity contribution in [2.75, 3.05) is 5.73 Å². The number of nitriles is 1. The molecule has 1 aromatic carbocycles. The van der Waals surface area contributed by atoms with Gasteiger partial charge in [0.05, 0.1) is 5.56 Å². The Balaban J connectivity index is 3.08. The highest BCUT2D eigenvalue weighted by Gasteiger charge is 2.07. The standard InChI is InChI=1S/C12H14N2Si/c1-15(2,3)7-6-10-4-5-12(14)11(8-10)9-13/h4-5,8H,14H2,1-3H3. The second-order valence-corrected chi connectivity index (χ2v) is 9.16. The van der Waals surface area contributed by atoms with Crippen LogP contribution in [-0.4, -0.2) is 8.07 Å². The molecule has 0 saturated carbocycles. The van der Waals surface area contributed by atoms with Crippen molar-refractivity contribution in [2.45, 2.75) is 19.6 Å². The summed E-state index contributed by atoms with van der Waals surface area (Å²) in [7, 11) is -1.36. The highest BCUT2D eigenvalue weighted by Crippen LogP contribution is 2.12. The van der Waals surface area contributed by atoms with Crippen LogP contribution in [0.4, 0.5) is 5.69 Å². The van der Waals surface area contributed by atoms with E-state index in [9.17, 15) is 0 Å². The Morgan fingerprint density at radius 1 is 1.27 bits per heavy atom. The lowest BCUT2D eigenvalue weighted by Crippen LogP contribution is -2.16. The molecule has 1 aromatic rings. The van der Waals surface area contributed by atoms with E-state index in [0.29, 0.717) is 11.3 Å². The number of benzene rings is 1. The van der Waals surface area contributed by atoms with Gasteiger partial charge in [-0.05, 0) is 18.2 Å². The summed E-state index contributed by atoms with van der Waals surface area (Å²) in [5, 5.41) is 8.80. The lowest BCUT2D eigenvalue weighted by atomic mass is 10.1. The van der Waals surface area contributed by atoms with Crippen LogP contribution in [0.1, 0.15) is 11.1 Å². The minimum Gasteiger partial charge on any atom is -0.398 e. The van der Waals surface area contributed by atoms with Crippen molar-refractivity contribution < 1.29 is 0 Å². The maximum Gasteiger partial charge on any atom is 0.129 e. The average Bonchev–Trinajstić information content (AvgIpc) is 2.15. The molecule has 0 aliphatic rings. The summed E-state index contributed by atoms with van der Waals surface area (Å²) in [4.78, 5) is 0. The molecule has 0 aromatic heterocycles. The molecule has 3 heteroatoms. The normalized spacial score (nSPS) is 10.0. The van der Waals surface area contributed by atoms with Gasteiger partial charge in [0.15, 0.2) is 0 Å². The Morgan fingerprint density at radius 3 is 2.47 bits per heavy atom. The zero-order valence-electron chi connectivity index (χ0n) is 9.26. The molecule has 15 heavy (non-hydrogen) atoms. The van der Waals surface area contributed by atoms with Crippen LogP contribution in [-0.2, 0) is 0 Å². The third-order valence-electron chi connectivity index (χ3n) is 1.76. The van der Waals surface area contributed by atoms with Crippen molar-refractivity contribution in [1.29, 1.82) is 5.26 Å². The number of hydrogen-bond donors (Lipinski definition) is 1. The van der Waals surface area contributed by atoms with E-state index in [0.717, 1.165) is 5.56 Å². The first-order valence-corrected chi connectivity index (χ1v) is 8.25. The summed E-state index contributed by atoms with van der Waals surface area (Å²) in [6, 6.07) is 7.37. The summed E-state index contributed by atoms with van der Waals surface area (Å²) < 4.78 is 0. The predicted octanol–water partition coefficient (Wildman–Crippen LogP) is 2.37. The van der Waals surface area contributed by atoms with Crippen molar-refractivity contribution in [3.8, 4) is 17.5 Å². The fraction of sp³-hybridized carbons (Fsp3) is 0.250. The monoisotopic (exact) mass is 214 g/mol. The average molecular weight is 214 g/mol. The first-order valence-electron chi connectivity index (χ1n) is 4.75. The molecule has 1 rings (SSSR count). The molecule has 0 heterocycles. The van der Waals surface area contributed by atoms with E-state index in [-0.39, 0.29) is 0 Å². The molecule has 0 saturated heterocycles. The minimum atomic E-state index is -1.36. The van der Waals surface area contributed by atoms with Gasteiger partial charge in [-0.25, -0.2) is 0 Å². The van der Waals surface area contributed by atoms with Crippen molar-refractivity contribution in [3.63, 3.8) is 0 Å². The van der Waals surface area contributed by atoms with Crippen LogP contribution in [0.15, 0.2) is 18.2 Å². The highest BCUT2D eigenvalue weighted by atomic mass is 28.3. The topological polar surface area (TPSA) is 49.8 Å². The van der Waals surface area contributed by atoms with Crippen LogP contribution >= 0.6 is 0 Å². The third kappa shape index (κ3) is 3.50. The minimum absolute atomic E-state index is 0.498. The number of anilines is 1. The molecule has 0 aliphatic carbocycles. The molecule has 0 atom stereocenters. The first kappa shape index (κ1) is 11.4. The molecule has 76 valence electrons. The predicted molar refractivity (Wildman–Crippen MR) is 65.8 cm³/mol. The Labute approximate surface area is 91.7 Å². The van der Waals surface area contributed by atoms with E-state index < -0.39 is 8.07 Å². The number of nitrogens with zero attached hydrogens (tertiary/aromatic N) is 1. The molecule has 0 aliphatic heterocycles. The molecule has 0 fully saturated rings. The number of rotatable bonds is 0. The molecule has 2 N–H and O–H groups in total.